The van der Waals surface area contributed by atoms with Gasteiger partial charge in [-0.15, -0.1) is 0 Å². The normalized spacial score (nSPS) is 10.0. The second kappa shape index (κ2) is 14.5. The Morgan fingerprint density at radius 2 is 1.21 bits per heavy atom. The molecule has 4 amide bonds. The zero-order valence-corrected chi connectivity index (χ0v) is 21.7. The summed E-state index contributed by atoms with van der Waals surface area (Å²) in [6.07, 6.45) is 0. The van der Waals surface area contributed by atoms with Crippen LogP contribution in [0.4, 0.5) is 32.3 Å². The molecule has 13 heteroatoms. The molecule has 8 N–H and O–H groups in total. The molecule has 0 aliphatic heterocycles. The van der Waals surface area contributed by atoms with E-state index < -0.39 is 24.0 Å². The minimum Gasteiger partial charge on any atom is -0.460 e. The first kappa shape index (κ1) is 30.0. The molecule has 2 aromatic rings. The highest BCUT2D eigenvalue weighted by Gasteiger charge is 2.11. The van der Waals surface area contributed by atoms with E-state index in [9.17, 15) is 19.2 Å². The molecular formula is C26H32N6O7. The highest BCUT2D eigenvalue weighted by Crippen LogP contribution is 2.31. The smallest absolute Gasteiger partial charge is 0.333 e. The van der Waals surface area contributed by atoms with Crippen molar-refractivity contribution < 1.29 is 33.4 Å². The average molecular weight is 541 g/mol. The number of hydrogen-bond donors (Lipinski definition) is 6. The van der Waals surface area contributed by atoms with Crippen molar-refractivity contribution in [3.05, 3.63) is 60.7 Å². The topological polar surface area (TPSA) is 196 Å². The quantitative estimate of drug-likeness (QED) is 0.101. The van der Waals surface area contributed by atoms with Gasteiger partial charge in [0.1, 0.15) is 24.7 Å². The summed E-state index contributed by atoms with van der Waals surface area (Å²) in [6, 6.07) is 8.22. The van der Waals surface area contributed by atoms with Crippen molar-refractivity contribution in [2.75, 3.05) is 48.4 Å². The van der Waals surface area contributed by atoms with Crippen LogP contribution in [0.3, 0.4) is 0 Å². The van der Waals surface area contributed by atoms with Gasteiger partial charge in [-0.1, -0.05) is 13.2 Å². The highest BCUT2D eigenvalue weighted by molar-refractivity contribution is 5.94. The second-order valence-electron chi connectivity index (χ2n) is 8.19. The third-order valence-corrected chi connectivity index (χ3v) is 4.72. The molecule has 0 spiro atoms. The largest absolute Gasteiger partial charge is 0.460 e. The van der Waals surface area contributed by atoms with E-state index in [1.54, 1.807) is 24.3 Å². The number of carbonyl (C=O) groups is 4. The Kier molecular flexibility index (Phi) is 11.2. The standard InChI is InChI=1S/C26H32N6O7/c1-15(2)23(33)37-11-9-29-25(35)31-21-8-6-17(13-20(21)28)39-18-5-7-19(27)22(14-18)32-26(36)30-10-12-38-24(34)16(3)4/h5-8,13-14H,1,3,9-12,27-28H2,2,4H3,(H2,29,31,35)(H2,30,32,36). The van der Waals surface area contributed by atoms with Crippen LogP contribution >= 0.6 is 0 Å². The van der Waals surface area contributed by atoms with Crippen molar-refractivity contribution >= 4 is 46.8 Å². The number of nitrogens with one attached hydrogen (secondary N) is 4. The number of hydrogen-bond acceptors (Lipinski definition) is 9. The molecule has 0 saturated carbocycles. The lowest BCUT2D eigenvalue weighted by Crippen LogP contribution is -2.32. The first-order valence-corrected chi connectivity index (χ1v) is 11.7. The van der Waals surface area contributed by atoms with Gasteiger partial charge in [0.2, 0.25) is 0 Å². The van der Waals surface area contributed by atoms with E-state index in [4.69, 9.17) is 25.7 Å². The molecule has 39 heavy (non-hydrogen) atoms. The Bertz CT molecular complexity index is 1260. The fourth-order valence-corrected chi connectivity index (χ4v) is 2.76. The molecule has 0 bridgehead atoms. The predicted molar refractivity (Wildman–Crippen MR) is 147 cm³/mol. The SMILES string of the molecule is C=C(C)C(=O)OCCNC(=O)Nc1ccc(Oc2ccc(N)c(NC(=O)NCCOC(=O)C(=C)C)c2)cc1N. The summed E-state index contributed by atoms with van der Waals surface area (Å²) >= 11 is 0. The maximum Gasteiger partial charge on any atom is 0.333 e. The molecule has 0 aliphatic carbocycles. The van der Waals surface area contributed by atoms with Crippen molar-refractivity contribution in [3.8, 4) is 11.5 Å². The molecule has 0 unspecified atom stereocenters. The van der Waals surface area contributed by atoms with Crippen LogP contribution in [0.5, 0.6) is 11.5 Å². The predicted octanol–water partition coefficient (Wildman–Crippen LogP) is 3.12. The Hall–Kier alpha value is -5.20. The van der Waals surface area contributed by atoms with E-state index in [0.717, 1.165) is 0 Å². The van der Waals surface area contributed by atoms with Crippen molar-refractivity contribution in [2.24, 2.45) is 0 Å². The van der Waals surface area contributed by atoms with Crippen molar-refractivity contribution in [3.63, 3.8) is 0 Å². The van der Waals surface area contributed by atoms with E-state index in [1.165, 1.54) is 26.0 Å². The van der Waals surface area contributed by atoms with Gasteiger partial charge in [-0.05, 0) is 38.1 Å². The molecule has 0 fully saturated rings. The van der Waals surface area contributed by atoms with Crippen LogP contribution in [-0.4, -0.2) is 50.3 Å². The van der Waals surface area contributed by atoms with E-state index in [-0.39, 0.29) is 43.1 Å². The van der Waals surface area contributed by atoms with Gasteiger partial charge in [-0.2, -0.15) is 0 Å². The molecular weight excluding hydrogens is 508 g/mol. The number of ether oxygens (including phenoxy) is 3. The molecule has 2 rings (SSSR count). The van der Waals surface area contributed by atoms with E-state index >= 15 is 0 Å². The summed E-state index contributed by atoms with van der Waals surface area (Å²) in [5.74, 6) is -0.359. The highest BCUT2D eigenvalue weighted by atomic mass is 16.5. The van der Waals surface area contributed by atoms with Gasteiger partial charge in [0.05, 0.1) is 35.8 Å². The second-order valence-corrected chi connectivity index (χ2v) is 8.19. The minimum absolute atomic E-state index is 0.00759. The number of benzene rings is 2. The van der Waals surface area contributed by atoms with Gasteiger partial charge in [0.25, 0.3) is 0 Å². The first-order chi connectivity index (χ1) is 18.5. The molecule has 0 atom stereocenters. The van der Waals surface area contributed by atoms with Crippen LogP contribution in [0.1, 0.15) is 13.8 Å². The van der Waals surface area contributed by atoms with Crippen molar-refractivity contribution in [1.82, 2.24) is 10.6 Å². The van der Waals surface area contributed by atoms with Crippen molar-refractivity contribution in [1.29, 1.82) is 0 Å². The molecule has 0 aliphatic rings. The fraction of sp³-hybridized carbons (Fsp3) is 0.231. The monoisotopic (exact) mass is 540 g/mol. The van der Waals surface area contributed by atoms with E-state index in [0.29, 0.717) is 28.6 Å². The number of anilines is 4. The number of rotatable bonds is 12. The summed E-state index contributed by atoms with van der Waals surface area (Å²) < 4.78 is 15.6. The number of nitrogens with two attached hydrogens (primary N) is 2. The maximum absolute atomic E-state index is 12.2. The van der Waals surface area contributed by atoms with Gasteiger partial charge in [-0.3, -0.25) is 0 Å². The van der Waals surface area contributed by atoms with Gasteiger partial charge in [-0.25, -0.2) is 19.2 Å². The Balaban J connectivity index is 1.88. The van der Waals surface area contributed by atoms with Crippen LogP contribution < -0.4 is 37.5 Å². The molecule has 0 saturated heterocycles. The minimum atomic E-state index is -0.558. The molecule has 13 nitrogen and oxygen atoms in total. The summed E-state index contributed by atoms with van der Waals surface area (Å²) in [5, 5.41) is 10.3. The van der Waals surface area contributed by atoms with E-state index in [2.05, 4.69) is 34.4 Å². The number of amides is 4. The Morgan fingerprint density at radius 1 is 0.718 bits per heavy atom. The lowest BCUT2D eigenvalue weighted by molar-refractivity contribution is -0.139. The Labute approximate surface area is 225 Å². The van der Waals surface area contributed by atoms with Gasteiger partial charge in [0, 0.05) is 23.3 Å². The summed E-state index contributed by atoms with van der Waals surface area (Å²) in [6.45, 7) is 10.1. The molecule has 0 radical (unpaired) electrons. The lowest BCUT2D eigenvalue weighted by atomic mass is 10.2. The van der Waals surface area contributed by atoms with Crippen LogP contribution in [0, 0.1) is 0 Å². The van der Waals surface area contributed by atoms with Crippen LogP contribution in [0.25, 0.3) is 0 Å². The van der Waals surface area contributed by atoms with Crippen LogP contribution in [-0.2, 0) is 19.1 Å². The van der Waals surface area contributed by atoms with Gasteiger partial charge >= 0.3 is 24.0 Å². The Morgan fingerprint density at radius 3 is 1.72 bits per heavy atom. The fourth-order valence-electron chi connectivity index (χ4n) is 2.76. The van der Waals surface area contributed by atoms with Crippen LogP contribution in [0.2, 0.25) is 0 Å². The van der Waals surface area contributed by atoms with Gasteiger partial charge in [0.15, 0.2) is 0 Å². The number of urea groups is 2. The van der Waals surface area contributed by atoms with Gasteiger partial charge < -0.3 is 46.9 Å². The zero-order valence-electron chi connectivity index (χ0n) is 21.7. The first-order valence-electron chi connectivity index (χ1n) is 11.7. The zero-order chi connectivity index (χ0) is 28.9. The molecule has 0 heterocycles. The summed E-state index contributed by atoms with van der Waals surface area (Å²) in [7, 11) is 0. The number of carbonyl (C=O) groups excluding carboxylic acids is 4. The molecule has 0 aromatic heterocycles. The van der Waals surface area contributed by atoms with Crippen LogP contribution in [0.15, 0.2) is 60.7 Å². The third kappa shape index (κ3) is 10.4. The summed E-state index contributed by atoms with van der Waals surface area (Å²) in [5.41, 5.74) is 13.7. The number of nitrogen functional groups attached to an aromatic ring is 2. The maximum atomic E-state index is 12.2. The molecule has 208 valence electrons. The van der Waals surface area contributed by atoms with Crippen molar-refractivity contribution in [2.45, 2.75) is 13.8 Å². The van der Waals surface area contributed by atoms with E-state index in [1.807, 2.05) is 0 Å². The summed E-state index contributed by atoms with van der Waals surface area (Å²) in [4.78, 5) is 46.9. The third-order valence-electron chi connectivity index (χ3n) is 4.72. The molecule has 2 aromatic carbocycles. The average Bonchev–Trinajstić information content (AvgIpc) is 2.87. The lowest BCUT2D eigenvalue weighted by Gasteiger charge is -2.14. The number of esters is 2.